The Kier molecular flexibility index (Phi) is 2.91. The minimum Gasteiger partial charge on any atom is -0.312 e. The Hall–Kier alpha value is -0.590. The zero-order valence-electron chi connectivity index (χ0n) is 12.5. The third kappa shape index (κ3) is 1.84. The average molecular weight is 273 g/mol. The third-order valence-electron chi connectivity index (χ3n) is 6.86. The van der Waals surface area contributed by atoms with E-state index in [1.165, 1.54) is 51.4 Å². The van der Waals surface area contributed by atoms with Crippen LogP contribution in [0.5, 0.6) is 0 Å². The van der Waals surface area contributed by atoms with E-state index in [2.05, 4.69) is 11.0 Å². The van der Waals surface area contributed by atoms with E-state index in [0.717, 1.165) is 37.4 Å². The minimum atomic E-state index is -0.604. The molecule has 0 radical (unpaired) electrons. The van der Waals surface area contributed by atoms with Gasteiger partial charge in [0.2, 0.25) is 0 Å². The van der Waals surface area contributed by atoms with Crippen LogP contribution < -0.4 is 5.73 Å². The molecule has 110 valence electrons. The highest BCUT2D eigenvalue weighted by molar-refractivity contribution is 5.22. The van der Waals surface area contributed by atoms with Crippen LogP contribution in [0.3, 0.4) is 0 Å². The van der Waals surface area contributed by atoms with E-state index in [1.807, 2.05) is 0 Å². The van der Waals surface area contributed by atoms with Gasteiger partial charge in [0.25, 0.3) is 0 Å². The molecule has 0 aromatic carbocycles. The van der Waals surface area contributed by atoms with Crippen molar-refractivity contribution in [3.63, 3.8) is 0 Å². The van der Waals surface area contributed by atoms with Crippen molar-refractivity contribution in [1.82, 2.24) is 4.90 Å². The highest BCUT2D eigenvalue weighted by Gasteiger charge is 2.59. The molecule has 1 saturated heterocycles. The molecule has 0 amide bonds. The molecule has 5 fully saturated rings. The number of nitriles is 1. The van der Waals surface area contributed by atoms with Gasteiger partial charge in [-0.1, -0.05) is 0 Å². The van der Waals surface area contributed by atoms with Crippen LogP contribution in [0.1, 0.15) is 51.4 Å². The maximum absolute atomic E-state index is 9.90. The van der Waals surface area contributed by atoms with E-state index in [-0.39, 0.29) is 5.41 Å². The molecule has 2 N–H and O–H groups in total. The molecule has 1 heterocycles. The van der Waals surface area contributed by atoms with Gasteiger partial charge in [-0.2, -0.15) is 5.26 Å². The largest absolute Gasteiger partial charge is 0.312 e. The molecule has 20 heavy (non-hydrogen) atoms. The van der Waals surface area contributed by atoms with Gasteiger partial charge >= 0.3 is 0 Å². The second-order valence-corrected chi connectivity index (χ2v) is 8.26. The van der Waals surface area contributed by atoms with Crippen LogP contribution in [0.15, 0.2) is 0 Å². The van der Waals surface area contributed by atoms with E-state index in [1.54, 1.807) is 0 Å². The van der Waals surface area contributed by atoms with Crippen LogP contribution in [-0.2, 0) is 0 Å². The van der Waals surface area contributed by atoms with Gasteiger partial charge in [-0.05, 0) is 82.2 Å². The van der Waals surface area contributed by atoms with E-state index < -0.39 is 5.54 Å². The van der Waals surface area contributed by atoms with Crippen LogP contribution in [0.25, 0.3) is 0 Å². The Morgan fingerprint density at radius 3 is 2.00 bits per heavy atom. The number of likely N-dealkylation sites (tertiary alicyclic amines) is 1. The smallest absolute Gasteiger partial charge is 0.122 e. The zero-order chi connectivity index (χ0) is 13.8. The lowest BCUT2D eigenvalue weighted by atomic mass is 9.45. The molecule has 5 rings (SSSR count). The molecule has 5 aliphatic rings. The Morgan fingerprint density at radius 2 is 1.55 bits per heavy atom. The summed E-state index contributed by atoms with van der Waals surface area (Å²) in [5.41, 5.74) is 6.31. The molecule has 3 nitrogen and oxygen atoms in total. The van der Waals surface area contributed by atoms with Crippen LogP contribution in [0.2, 0.25) is 0 Å². The molecular formula is C17H27N3. The van der Waals surface area contributed by atoms with E-state index >= 15 is 0 Å². The Balaban J connectivity index is 1.61. The summed E-state index contributed by atoms with van der Waals surface area (Å²) in [5.74, 6) is 2.61. The first-order chi connectivity index (χ1) is 9.62. The van der Waals surface area contributed by atoms with Crippen molar-refractivity contribution >= 4 is 0 Å². The molecule has 0 aromatic heterocycles. The fourth-order valence-corrected chi connectivity index (χ4v) is 6.27. The molecule has 1 aliphatic heterocycles. The standard InChI is InChI=1S/C17H27N3/c18-11-17(19,12-20-3-1-2-4-20)16-8-13-5-14(9-16)7-15(6-13)10-16/h13-15H,1-10,12,19H2. The average Bonchev–Trinajstić information content (AvgIpc) is 2.89. The maximum Gasteiger partial charge on any atom is 0.122 e. The minimum absolute atomic E-state index is 0.138. The van der Waals surface area contributed by atoms with Gasteiger partial charge in [0.05, 0.1) is 6.07 Å². The highest BCUT2D eigenvalue weighted by Crippen LogP contribution is 2.63. The summed E-state index contributed by atoms with van der Waals surface area (Å²) >= 11 is 0. The summed E-state index contributed by atoms with van der Waals surface area (Å²) in [7, 11) is 0. The van der Waals surface area contributed by atoms with Crippen molar-refractivity contribution in [2.75, 3.05) is 19.6 Å². The van der Waals surface area contributed by atoms with Gasteiger partial charge in [-0.15, -0.1) is 0 Å². The number of hydrogen-bond acceptors (Lipinski definition) is 3. The van der Waals surface area contributed by atoms with Gasteiger partial charge < -0.3 is 10.6 Å². The van der Waals surface area contributed by atoms with E-state index in [4.69, 9.17) is 5.73 Å². The molecule has 4 saturated carbocycles. The quantitative estimate of drug-likeness (QED) is 0.859. The molecule has 0 spiro atoms. The predicted molar refractivity (Wildman–Crippen MR) is 78.8 cm³/mol. The van der Waals surface area contributed by atoms with Gasteiger partial charge in [-0.3, -0.25) is 0 Å². The van der Waals surface area contributed by atoms with Crippen molar-refractivity contribution in [3.8, 4) is 6.07 Å². The lowest BCUT2D eigenvalue weighted by Crippen LogP contribution is -2.65. The van der Waals surface area contributed by atoms with Gasteiger partial charge in [0.15, 0.2) is 0 Å². The number of nitrogens with two attached hydrogens (primary N) is 1. The fraction of sp³-hybridized carbons (Fsp3) is 0.941. The molecule has 0 aromatic rings. The zero-order valence-corrected chi connectivity index (χ0v) is 12.5. The molecule has 4 bridgehead atoms. The summed E-state index contributed by atoms with van der Waals surface area (Å²) in [6, 6.07) is 2.60. The lowest BCUT2D eigenvalue weighted by molar-refractivity contribution is -0.0883. The first kappa shape index (κ1) is 13.1. The Labute approximate surface area is 122 Å². The SMILES string of the molecule is N#CC(N)(CN1CCCC1)C12CC3CC(CC(C3)C1)C2. The topological polar surface area (TPSA) is 53.1 Å². The van der Waals surface area contributed by atoms with Crippen LogP contribution in [0.4, 0.5) is 0 Å². The van der Waals surface area contributed by atoms with E-state index in [0.29, 0.717) is 0 Å². The number of hydrogen-bond donors (Lipinski definition) is 1. The normalized spacial score (nSPS) is 46.3. The third-order valence-corrected chi connectivity index (χ3v) is 6.86. The second-order valence-electron chi connectivity index (χ2n) is 8.26. The molecule has 1 unspecified atom stereocenters. The Morgan fingerprint density at radius 1 is 1.05 bits per heavy atom. The van der Waals surface area contributed by atoms with Crippen molar-refractivity contribution in [2.24, 2.45) is 28.9 Å². The van der Waals surface area contributed by atoms with Crippen molar-refractivity contribution in [2.45, 2.75) is 56.9 Å². The summed E-state index contributed by atoms with van der Waals surface area (Å²) < 4.78 is 0. The number of nitrogens with zero attached hydrogens (tertiary/aromatic N) is 2. The first-order valence-corrected chi connectivity index (χ1v) is 8.55. The lowest BCUT2D eigenvalue weighted by Gasteiger charge is -2.61. The molecule has 1 atom stereocenters. The van der Waals surface area contributed by atoms with Gasteiger partial charge in [-0.25, -0.2) is 0 Å². The summed E-state index contributed by atoms with van der Waals surface area (Å²) in [6.07, 6.45) is 10.5. The first-order valence-electron chi connectivity index (χ1n) is 8.55. The van der Waals surface area contributed by atoms with Crippen molar-refractivity contribution < 1.29 is 0 Å². The van der Waals surface area contributed by atoms with Gasteiger partial charge in [0, 0.05) is 12.0 Å². The Bertz CT molecular complexity index is 397. The monoisotopic (exact) mass is 273 g/mol. The number of rotatable bonds is 3. The molecule has 3 heteroatoms. The summed E-state index contributed by atoms with van der Waals surface area (Å²) in [6.45, 7) is 3.11. The van der Waals surface area contributed by atoms with Crippen LogP contribution in [0, 0.1) is 34.5 Å². The maximum atomic E-state index is 9.90. The fourth-order valence-electron chi connectivity index (χ4n) is 6.27. The van der Waals surface area contributed by atoms with Crippen LogP contribution in [-0.4, -0.2) is 30.1 Å². The highest BCUT2D eigenvalue weighted by atomic mass is 15.2. The van der Waals surface area contributed by atoms with E-state index in [9.17, 15) is 5.26 Å². The molecular weight excluding hydrogens is 246 g/mol. The summed E-state index contributed by atoms with van der Waals surface area (Å²) in [5, 5.41) is 9.90. The van der Waals surface area contributed by atoms with Crippen molar-refractivity contribution in [1.29, 1.82) is 5.26 Å². The second kappa shape index (κ2) is 4.45. The summed E-state index contributed by atoms with van der Waals surface area (Å²) in [4.78, 5) is 2.45. The van der Waals surface area contributed by atoms with Crippen LogP contribution >= 0.6 is 0 Å². The predicted octanol–water partition coefficient (Wildman–Crippen LogP) is 2.52. The van der Waals surface area contributed by atoms with Crippen molar-refractivity contribution in [3.05, 3.63) is 0 Å². The van der Waals surface area contributed by atoms with Gasteiger partial charge in [0.1, 0.15) is 5.54 Å². The molecule has 4 aliphatic carbocycles.